The Bertz CT molecular complexity index is 1360. The molecule has 0 atom stereocenters. The number of halogens is 1. The van der Waals surface area contributed by atoms with Crippen molar-refractivity contribution in [3.63, 3.8) is 0 Å². The second-order valence-electron chi connectivity index (χ2n) is 7.27. The molecule has 2 heterocycles. The number of nitrogens with one attached hydrogen (secondary N) is 2. The normalized spacial score (nSPS) is 10.8. The van der Waals surface area contributed by atoms with E-state index >= 15 is 0 Å². The fraction of sp³-hybridized carbons (Fsp3) is 0.130. The van der Waals surface area contributed by atoms with Crippen molar-refractivity contribution in [2.75, 3.05) is 5.32 Å². The van der Waals surface area contributed by atoms with Crippen LogP contribution in [0, 0.1) is 6.92 Å². The molecule has 0 saturated heterocycles. The van der Waals surface area contributed by atoms with Gasteiger partial charge < -0.3 is 10.6 Å². The maximum absolute atomic E-state index is 12.7. The summed E-state index contributed by atoms with van der Waals surface area (Å²) in [4.78, 5) is 37.6. The van der Waals surface area contributed by atoms with Crippen LogP contribution in [0.25, 0.3) is 5.65 Å². The van der Waals surface area contributed by atoms with Gasteiger partial charge in [-0.1, -0.05) is 48.0 Å². The number of hydrogen-bond acceptors (Lipinski definition) is 4. The van der Waals surface area contributed by atoms with Crippen molar-refractivity contribution in [1.82, 2.24) is 19.5 Å². The summed E-state index contributed by atoms with van der Waals surface area (Å²) in [7, 11) is 0. The fourth-order valence-electron chi connectivity index (χ4n) is 3.14. The number of amides is 2. The van der Waals surface area contributed by atoms with Gasteiger partial charge in [0.2, 0.25) is 5.91 Å². The van der Waals surface area contributed by atoms with Crippen molar-refractivity contribution >= 4 is 34.7 Å². The van der Waals surface area contributed by atoms with Gasteiger partial charge in [0.05, 0.1) is 5.56 Å². The van der Waals surface area contributed by atoms with E-state index in [0.29, 0.717) is 28.5 Å². The Morgan fingerprint density at radius 2 is 1.84 bits per heavy atom. The number of aryl methyl sites for hydroxylation is 1. The highest BCUT2D eigenvalue weighted by molar-refractivity contribution is 6.31. The lowest BCUT2D eigenvalue weighted by molar-refractivity contribution is -0.117. The molecule has 0 unspecified atom stereocenters. The summed E-state index contributed by atoms with van der Waals surface area (Å²) >= 11 is 6.08. The summed E-state index contributed by atoms with van der Waals surface area (Å²) in [5, 5.41) is 10.2. The van der Waals surface area contributed by atoms with Crippen molar-refractivity contribution < 1.29 is 9.59 Å². The summed E-state index contributed by atoms with van der Waals surface area (Å²) in [6, 6.07) is 17.8. The lowest BCUT2D eigenvalue weighted by atomic mass is 10.2. The van der Waals surface area contributed by atoms with Crippen LogP contribution < -0.4 is 16.3 Å². The lowest BCUT2D eigenvalue weighted by Gasteiger charge is -2.06. The molecule has 0 aliphatic rings. The second-order valence-corrected chi connectivity index (χ2v) is 7.67. The van der Waals surface area contributed by atoms with E-state index in [0.717, 1.165) is 15.8 Å². The minimum Gasteiger partial charge on any atom is -0.348 e. The van der Waals surface area contributed by atoms with E-state index in [1.807, 2.05) is 37.3 Å². The van der Waals surface area contributed by atoms with Crippen LogP contribution in [-0.4, -0.2) is 26.0 Å². The quantitative estimate of drug-likeness (QED) is 0.472. The molecule has 0 radical (unpaired) electrons. The van der Waals surface area contributed by atoms with Gasteiger partial charge >= 0.3 is 5.69 Å². The van der Waals surface area contributed by atoms with Gasteiger partial charge in [-0.25, -0.2) is 13.9 Å². The molecule has 0 saturated carbocycles. The average molecular weight is 450 g/mol. The maximum Gasteiger partial charge on any atom is 0.350 e. The number of pyridine rings is 1. The molecule has 32 heavy (non-hydrogen) atoms. The maximum atomic E-state index is 12.7. The van der Waals surface area contributed by atoms with Crippen LogP contribution in [0.2, 0.25) is 5.02 Å². The largest absolute Gasteiger partial charge is 0.350 e. The molecule has 0 spiro atoms. The number of fused-ring (bicyclic) bond motifs is 1. The third-order valence-corrected chi connectivity index (χ3v) is 5.29. The second kappa shape index (κ2) is 9.07. The van der Waals surface area contributed by atoms with Crippen LogP contribution in [0.15, 0.2) is 71.7 Å². The van der Waals surface area contributed by atoms with Gasteiger partial charge in [0.25, 0.3) is 5.91 Å². The predicted octanol–water partition coefficient (Wildman–Crippen LogP) is 3.03. The Labute approximate surface area is 188 Å². The van der Waals surface area contributed by atoms with E-state index < -0.39 is 11.6 Å². The van der Waals surface area contributed by atoms with Crippen molar-refractivity contribution in [3.05, 3.63) is 99.1 Å². The third kappa shape index (κ3) is 4.70. The predicted molar refractivity (Wildman–Crippen MR) is 122 cm³/mol. The minimum absolute atomic E-state index is 0.276. The van der Waals surface area contributed by atoms with Crippen LogP contribution in [0.5, 0.6) is 0 Å². The molecule has 0 fully saturated rings. The van der Waals surface area contributed by atoms with E-state index in [1.165, 1.54) is 10.6 Å². The number of benzene rings is 2. The molecule has 8 nitrogen and oxygen atoms in total. The first kappa shape index (κ1) is 21.3. The van der Waals surface area contributed by atoms with Crippen LogP contribution in [-0.2, 0) is 17.9 Å². The fourth-order valence-corrected chi connectivity index (χ4v) is 3.32. The van der Waals surface area contributed by atoms with Gasteiger partial charge in [-0.2, -0.15) is 0 Å². The van der Waals surface area contributed by atoms with Crippen molar-refractivity contribution in [1.29, 1.82) is 0 Å². The average Bonchev–Trinajstić information content (AvgIpc) is 3.10. The van der Waals surface area contributed by atoms with E-state index in [1.54, 1.807) is 30.3 Å². The molecule has 162 valence electrons. The summed E-state index contributed by atoms with van der Waals surface area (Å²) < 4.78 is 2.29. The topological polar surface area (TPSA) is 97.5 Å². The first-order chi connectivity index (χ1) is 15.4. The summed E-state index contributed by atoms with van der Waals surface area (Å²) in [6.07, 6.45) is 1.42. The molecule has 0 aliphatic carbocycles. The first-order valence-electron chi connectivity index (χ1n) is 9.88. The number of hydrogen-bond donors (Lipinski definition) is 2. The lowest BCUT2D eigenvalue weighted by Crippen LogP contribution is -2.28. The van der Waals surface area contributed by atoms with Gasteiger partial charge in [0.1, 0.15) is 6.54 Å². The summed E-state index contributed by atoms with van der Waals surface area (Å²) in [5.74, 6) is -0.736. The smallest absolute Gasteiger partial charge is 0.348 e. The first-order valence-corrected chi connectivity index (χ1v) is 10.3. The Hall–Kier alpha value is -3.91. The Kier molecular flexibility index (Phi) is 6.04. The number of rotatable bonds is 6. The molecule has 2 aromatic carbocycles. The van der Waals surface area contributed by atoms with Gasteiger partial charge in [-0.15, -0.1) is 5.10 Å². The van der Waals surface area contributed by atoms with Crippen molar-refractivity contribution in [3.8, 4) is 0 Å². The Morgan fingerprint density at radius 1 is 1.06 bits per heavy atom. The number of anilines is 1. The van der Waals surface area contributed by atoms with E-state index in [-0.39, 0.29) is 12.5 Å². The Balaban J connectivity index is 1.47. The molecule has 2 aromatic heterocycles. The van der Waals surface area contributed by atoms with E-state index in [9.17, 15) is 14.4 Å². The van der Waals surface area contributed by atoms with Crippen LogP contribution in [0.3, 0.4) is 0 Å². The molecular weight excluding hydrogens is 430 g/mol. The van der Waals surface area contributed by atoms with E-state index in [2.05, 4.69) is 15.7 Å². The monoisotopic (exact) mass is 449 g/mol. The van der Waals surface area contributed by atoms with Crippen molar-refractivity contribution in [2.24, 2.45) is 0 Å². The number of nitrogens with zero attached hydrogens (tertiary/aromatic N) is 3. The molecule has 0 bridgehead atoms. The SMILES string of the molecule is Cc1ccc(NC(=O)Cn2nc3ccc(C(=O)NCc4ccccc4)cn3c2=O)cc1Cl. The van der Waals surface area contributed by atoms with Crippen LogP contribution >= 0.6 is 11.6 Å². The molecular formula is C23H20ClN5O3. The summed E-state index contributed by atoms with van der Waals surface area (Å²) in [5.41, 5.74) is 2.52. The van der Waals surface area contributed by atoms with Gasteiger partial charge in [0.15, 0.2) is 5.65 Å². The van der Waals surface area contributed by atoms with Gasteiger partial charge in [-0.05, 0) is 42.3 Å². The Morgan fingerprint density at radius 3 is 2.59 bits per heavy atom. The third-order valence-electron chi connectivity index (χ3n) is 4.88. The van der Waals surface area contributed by atoms with Gasteiger partial charge in [0, 0.05) is 23.5 Å². The molecule has 4 rings (SSSR count). The molecule has 2 N–H and O–H groups in total. The highest BCUT2D eigenvalue weighted by Gasteiger charge is 2.14. The van der Waals surface area contributed by atoms with Crippen LogP contribution in [0.1, 0.15) is 21.5 Å². The van der Waals surface area contributed by atoms with Gasteiger partial charge in [-0.3, -0.25) is 9.59 Å². The number of carbonyl (C=O) groups excluding carboxylic acids is 2. The zero-order valence-corrected chi connectivity index (χ0v) is 18.0. The standard InChI is InChI=1S/C23H20ClN5O3/c1-15-7-9-18(11-19(15)24)26-21(30)14-29-23(32)28-13-17(8-10-20(28)27-29)22(31)25-12-16-5-3-2-4-6-16/h2-11,13H,12,14H2,1H3,(H,25,31)(H,26,30). The number of carbonyl (C=O) groups is 2. The zero-order valence-electron chi connectivity index (χ0n) is 17.2. The molecule has 2 amide bonds. The minimum atomic E-state index is -0.519. The highest BCUT2D eigenvalue weighted by Crippen LogP contribution is 2.19. The molecule has 4 aromatic rings. The molecule has 9 heteroatoms. The molecule has 0 aliphatic heterocycles. The van der Waals surface area contributed by atoms with Crippen LogP contribution in [0.4, 0.5) is 5.69 Å². The van der Waals surface area contributed by atoms with Crippen molar-refractivity contribution in [2.45, 2.75) is 20.0 Å². The summed E-state index contributed by atoms with van der Waals surface area (Å²) in [6.45, 7) is 1.96. The van der Waals surface area contributed by atoms with E-state index in [4.69, 9.17) is 11.6 Å². The highest BCUT2D eigenvalue weighted by atomic mass is 35.5. The zero-order chi connectivity index (χ0) is 22.7. The number of aromatic nitrogens is 3.